The number of ketones is 1. The number of carbonyl (C=O) groups is 2. The molecule has 0 bridgehead atoms. The summed E-state index contributed by atoms with van der Waals surface area (Å²) in [6, 6.07) is 14.0. The quantitative estimate of drug-likeness (QED) is 0.400. The Labute approximate surface area is 158 Å². The number of hydrogen-bond donors (Lipinski definition) is 2. The van der Waals surface area contributed by atoms with Crippen molar-refractivity contribution < 1.29 is 19.8 Å². The monoisotopic (exact) mass is 383 g/mol. The lowest BCUT2D eigenvalue weighted by atomic mass is 10.1. The number of carboxylic acid groups (broad SMARTS) is 1. The molecule has 3 rings (SSSR count). The average molecular weight is 384 g/mol. The van der Waals surface area contributed by atoms with Gasteiger partial charge in [-0.05, 0) is 29.8 Å². The number of para-hydroxylation sites is 1. The van der Waals surface area contributed by atoms with Crippen molar-refractivity contribution in [1.29, 1.82) is 0 Å². The molecule has 0 radical (unpaired) electrons. The second-order valence-corrected chi connectivity index (χ2v) is 6.28. The number of nitrogens with zero attached hydrogens (tertiary/aromatic N) is 1. The zero-order chi connectivity index (χ0) is 19.6. The largest absolute Gasteiger partial charge is 0.507 e. The molecule has 0 amide bonds. The van der Waals surface area contributed by atoms with Crippen molar-refractivity contribution in [3.05, 3.63) is 87.2 Å². The summed E-state index contributed by atoms with van der Waals surface area (Å²) < 4.78 is 1.74. The van der Waals surface area contributed by atoms with Gasteiger partial charge in [0.25, 0.3) is 5.78 Å². The Hall–Kier alpha value is -3.38. The van der Waals surface area contributed by atoms with Gasteiger partial charge in [-0.3, -0.25) is 9.59 Å². The maximum atomic E-state index is 12.7. The van der Waals surface area contributed by atoms with Gasteiger partial charge in [0.1, 0.15) is 5.76 Å². The van der Waals surface area contributed by atoms with Gasteiger partial charge in [0.15, 0.2) is 5.43 Å². The molecule has 0 saturated carbocycles. The van der Waals surface area contributed by atoms with Crippen LogP contribution in [-0.4, -0.2) is 26.5 Å². The van der Waals surface area contributed by atoms with E-state index in [0.717, 1.165) is 5.56 Å². The number of aliphatic hydroxyl groups is 1. The summed E-state index contributed by atoms with van der Waals surface area (Å²) in [5.74, 6) is -3.73. The van der Waals surface area contributed by atoms with E-state index in [1.807, 2.05) is 12.1 Å². The van der Waals surface area contributed by atoms with E-state index >= 15 is 0 Å². The summed E-state index contributed by atoms with van der Waals surface area (Å²) in [6.07, 6.45) is 1.93. The number of aromatic nitrogens is 1. The first-order valence-electron chi connectivity index (χ1n) is 7.91. The van der Waals surface area contributed by atoms with Crippen LogP contribution in [0.1, 0.15) is 11.1 Å². The van der Waals surface area contributed by atoms with Gasteiger partial charge in [-0.2, -0.15) is 0 Å². The van der Waals surface area contributed by atoms with Crippen molar-refractivity contribution in [2.45, 2.75) is 6.54 Å². The van der Waals surface area contributed by atoms with Gasteiger partial charge in [0, 0.05) is 29.2 Å². The summed E-state index contributed by atoms with van der Waals surface area (Å²) >= 11 is 5.90. The van der Waals surface area contributed by atoms with E-state index in [0.29, 0.717) is 28.5 Å². The molecule has 27 heavy (non-hydrogen) atoms. The third-order valence-corrected chi connectivity index (χ3v) is 4.26. The van der Waals surface area contributed by atoms with Gasteiger partial charge in [-0.1, -0.05) is 35.9 Å². The highest BCUT2D eigenvalue weighted by Gasteiger charge is 2.16. The van der Waals surface area contributed by atoms with E-state index in [2.05, 4.69) is 0 Å². The summed E-state index contributed by atoms with van der Waals surface area (Å²) in [5.41, 5.74) is 0.893. The number of rotatable bonds is 5. The van der Waals surface area contributed by atoms with Gasteiger partial charge in [-0.25, -0.2) is 4.79 Å². The summed E-state index contributed by atoms with van der Waals surface area (Å²) in [6.45, 7) is 0.380. The summed E-state index contributed by atoms with van der Waals surface area (Å²) in [4.78, 5) is 34.7. The van der Waals surface area contributed by atoms with Crippen LogP contribution < -0.4 is 5.43 Å². The number of halogens is 1. The number of pyridine rings is 1. The van der Waals surface area contributed by atoms with Crippen LogP contribution in [0.3, 0.4) is 0 Å². The fourth-order valence-corrected chi connectivity index (χ4v) is 2.83. The van der Waals surface area contributed by atoms with Crippen LogP contribution in [0, 0.1) is 0 Å². The number of hydrogen-bond acceptors (Lipinski definition) is 4. The molecular formula is C20H14ClNO5. The number of aliphatic hydroxyl groups excluding tert-OH is 1. The van der Waals surface area contributed by atoms with Crippen molar-refractivity contribution >= 4 is 40.0 Å². The van der Waals surface area contributed by atoms with Gasteiger partial charge in [0.05, 0.1) is 11.1 Å². The van der Waals surface area contributed by atoms with Crippen LogP contribution >= 0.6 is 11.6 Å². The summed E-state index contributed by atoms with van der Waals surface area (Å²) in [7, 11) is 0. The van der Waals surface area contributed by atoms with E-state index < -0.39 is 22.9 Å². The number of carbonyl (C=O) groups excluding carboxylic acids is 1. The van der Waals surface area contributed by atoms with Crippen LogP contribution in [0.5, 0.6) is 0 Å². The van der Waals surface area contributed by atoms with E-state index in [1.165, 1.54) is 6.20 Å². The van der Waals surface area contributed by atoms with Gasteiger partial charge >= 0.3 is 5.97 Å². The van der Waals surface area contributed by atoms with E-state index in [-0.39, 0.29) is 5.56 Å². The molecule has 3 aromatic rings. The smallest absolute Gasteiger partial charge is 0.376 e. The van der Waals surface area contributed by atoms with Gasteiger partial charge < -0.3 is 14.8 Å². The standard InChI is InChI=1S/C20H14ClNO5/c21-13-7-5-12(6-8-13)10-22-11-15(17(23)9-18(24)20(26)27)19(25)14-3-1-2-4-16(14)22/h1-9,11,23H,10H2,(H,26,27)/b17-9-. The van der Waals surface area contributed by atoms with Crippen LogP contribution in [0.15, 0.2) is 65.6 Å². The maximum absolute atomic E-state index is 12.7. The Morgan fingerprint density at radius 2 is 1.70 bits per heavy atom. The Bertz CT molecular complexity index is 1130. The third kappa shape index (κ3) is 3.91. The molecule has 0 saturated heterocycles. The fraction of sp³-hybridized carbons (Fsp3) is 0.0500. The SMILES string of the molecule is O=C(O)C(=O)/C=C(\O)c1cn(Cc2ccc(Cl)cc2)c2ccccc2c1=O. The van der Waals surface area contributed by atoms with Gasteiger partial charge in [0.2, 0.25) is 0 Å². The van der Waals surface area contributed by atoms with E-state index in [9.17, 15) is 19.5 Å². The molecule has 0 aliphatic rings. The molecule has 1 heterocycles. The molecule has 0 unspecified atom stereocenters. The Morgan fingerprint density at radius 3 is 2.37 bits per heavy atom. The number of carboxylic acids is 1. The second-order valence-electron chi connectivity index (χ2n) is 5.84. The molecule has 0 spiro atoms. The molecule has 136 valence electrons. The highest BCUT2D eigenvalue weighted by atomic mass is 35.5. The van der Waals surface area contributed by atoms with E-state index in [1.54, 1.807) is 41.0 Å². The Kier molecular flexibility index (Phi) is 5.09. The molecular weight excluding hydrogens is 370 g/mol. The normalized spacial score (nSPS) is 11.5. The van der Waals surface area contributed by atoms with Crippen molar-refractivity contribution in [1.82, 2.24) is 4.57 Å². The molecule has 0 aliphatic carbocycles. The predicted octanol–water partition coefficient (Wildman–Crippen LogP) is 3.26. The van der Waals surface area contributed by atoms with Crippen LogP contribution in [-0.2, 0) is 16.1 Å². The highest BCUT2D eigenvalue weighted by molar-refractivity contribution is 6.38. The first-order valence-corrected chi connectivity index (χ1v) is 8.29. The number of fused-ring (bicyclic) bond motifs is 1. The fourth-order valence-electron chi connectivity index (χ4n) is 2.71. The minimum Gasteiger partial charge on any atom is -0.507 e. The molecule has 1 aromatic heterocycles. The third-order valence-electron chi connectivity index (χ3n) is 4.01. The van der Waals surface area contributed by atoms with Crippen molar-refractivity contribution in [2.75, 3.05) is 0 Å². The minimum absolute atomic E-state index is 0.155. The van der Waals surface area contributed by atoms with Crippen molar-refractivity contribution in [2.24, 2.45) is 0 Å². The molecule has 2 aromatic carbocycles. The zero-order valence-electron chi connectivity index (χ0n) is 13.9. The van der Waals surface area contributed by atoms with Gasteiger partial charge in [-0.15, -0.1) is 0 Å². The predicted molar refractivity (Wildman–Crippen MR) is 102 cm³/mol. The summed E-state index contributed by atoms with van der Waals surface area (Å²) in [5, 5.41) is 19.8. The molecule has 2 N–H and O–H groups in total. The van der Waals surface area contributed by atoms with Crippen molar-refractivity contribution in [3.8, 4) is 0 Å². The second kappa shape index (κ2) is 7.47. The molecule has 7 heteroatoms. The maximum Gasteiger partial charge on any atom is 0.376 e. The van der Waals surface area contributed by atoms with Crippen LogP contribution in [0.25, 0.3) is 16.7 Å². The molecule has 6 nitrogen and oxygen atoms in total. The lowest BCUT2D eigenvalue weighted by Crippen LogP contribution is -2.16. The molecule has 0 aliphatic heterocycles. The van der Waals surface area contributed by atoms with Crippen LogP contribution in [0.4, 0.5) is 0 Å². The number of benzene rings is 2. The Morgan fingerprint density at radius 1 is 1.04 bits per heavy atom. The molecule has 0 fully saturated rings. The Balaban J connectivity index is 2.17. The average Bonchev–Trinajstić information content (AvgIpc) is 2.65. The zero-order valence-corrected chi connectivity index (χ0v) is 14.7. The first-order chi connectivity index (χ1) is 12.9. The van der Waals surface area contributed by atoms with Crippen molar-refractivity contribution in [3.63, 3.8) is 0 Å². The highest BCUT2D eigenvalue weighted by Crippen LogP contribution is 2.18. The molecule has 0 atom stereocenters. The first kappa shape index (κ1) is 18.4. The minimum atomic E-state index is -1.72. The number of aliphatic carboxylic acids is 1. The lowest BCUT2D eigenvalue weighted by molar-refractivity contribution is -0.146. The van der Waals surface area contributed by atoms with E-state index in [4.69, 9.17) is 16.7 Å². The lowest BCUT2D eigenvalue weighted by Gasteiger charge is -2.13. The topological polar surface area (TPSA) is 96.6 Å². The van der Waals surface area contributed by atoms with Crippen LogP contribution in [0.2, 0.25) is 5.02 Å².